The molecule has 0 bridgehead atoms. The molecule has 3 aromatic rings. The predicted molar refractivity (Wildman–Crippen MR) is 170 cm³/mol. The normalized spacial score (nSPS) is 14.4. The van der Waals surface area contributed by atoms with E-state index in [9.17, 15) is 0 Å². The van der Waals surface area contributed by atoms with Crippen LogP contribution in [-0.4, -0.2) is 6.66 Å². The summed E-state index contributed by atoms with van der Waals surface area (Å²) in [6.07, 6.45) is 3.37. The average molecular weight is 568 g/mol. The summed E-state index contributed by atoms with van der Waals surface area (Å²) < 4.78 is 0. The Labute approximate surface area is 230 Å². The third-order valence-corrected chi connectivity index (χ3v) is 17.7. The Morgan fingerprint density at radius 2 is 0.667 bits per heavy atom. The quantitative estimate of drug-likeness (QED) is 0.226. The first kappa shape index (κ1) is 29.1. The molecule has 0 aliphatic rings. The molecule has 0 N–H and O–H groups in total. The topological polar surface area (TPSA) is 0 Å². The summed E-state index contributed by atoms with van der Waals surface area (Å²) in [5.41, 5.74) is 4.74. The molecule has 3 aromatic carbocycles. The molecule has 196 valence electrons. The van der Waals surface area contributed by atoms with E-state index < -0.39 is 5.31 Å². The third-order valence-electron chi connectivity index (χ3n) is 9.44. The number of hydrogen-bond donors (Lipinski definition) is 0. The van der Waals surface area contributed by atoms with Crippen LogP contribution in [0.4, 0.5) is 0 Å². The van der Waals surface area contributed by atoms with E-state index in [-0.39, 0.29) is 16.2 Å². The molecule has 0 atom stereocenters. The van der Waals surface area contributed by atoms with Gasteiger partial charge in [-0.2, -0.15) is 0 Å². The van der Waals surface area contributed by atoms with Crippen molar-refractivity contribution in [2.24, 2.45) is 0 Å². The van der Waals surface area contributed by atoms with E-state index in [1.807, 2.05) is 0 Å². The molecule has 0 aliphatic carbocycles. The second-order valence-corrected chi connectivity index (χ2v) is 22.5. The predicted octanol–water partition coefficient (Wildman–Crippen LogP) is 9.52. The fraction of sp³-hybridized carbons (Fsp3) is 0.471. The molecular weight excluding hydrogens is 519 g/mol. The molecule has 0 radical (unpaired) electrons. The molecule has 0 saturated carbocycles. The third kappa shape index (κ3) is 5.13. The van der Waals surface area contributed by atoms with E-state index in [1.54, 1.807) is 0 Å². The zero-order valence-electron chi connectivity index (χ0n) is 24.4. The van der Waals surface area contributed by atoms with Crippen molar-refractivity contribution in [2.45, 2.75) is 97.8 Å². The molecule has 0 nitrogen and oxygen atoms in total. The van der Waals surface area contributed by atoms with Crippen molar-refractivity contribution in [1.29, 1.82) is 0 Å². The summed E-state index contributed by atoms with van der Waals surface area (Å²) in [5, 5.41) is 1.28. The molecule has 0 aromatic heterocycles. The van der Waals surface area contributed by atoms with Gasteiger partial charge in [0.1, 0.15) is 0 Å². The van der Waals surface area contributed by atoms with E-state index in [1.165, 1.54) is 32.6 Å². The number of rotatable bonds is 9. The van der Waals surface area contributed by atoms with Crippen molar-refractivity contribution in [1.82, 2.24) is 0 Å². The monoisotopic (exact) mass is 566 g/mol. The molecule has 36 heavy (non-hydrogen) atoms. The number of hydrogen-bond acceptors (Lipinski definition) is 0. The molecule has 0 heterocycles. The van der Waals surface area contributed by atoms with Crippen LogP contribution in [0.25, 0.3) is 0 Å². The molecule has 3 rings (SSSR count). The van der Waals surface area contributed by atoms with E-state index in [4.69, 9.17) is 0 Å². The Morgan fingerprint density at radius 3 is 0.833 bits per heavy atom. The van der Waals surface area contributed by atoms with Crippen molar-refractivity contribution < 1.29 is 0 Å². The van der Waals surface area contributed by atoms with Crippen molar-refractivity contribution in [3.63, 3.8) is 0 Å². The van der Waals surface area contributed by atoms with Crippen LogP contribution in [0.1, 0.15) is 98.3 Å². The Bertz CT molecular complexity index is 1010. The van der Waals surface area contributed by atoms with Crippen LogP contribution in [0.3, 0.4) is 0 Å². The van der Waals surface area contributed by atoms with Crippen LogP contribution in [-0.2, 0) is 16.2 Å². The van der Waals surface area contributed by atoms with Crippen molar-refractivity contribution in [3.05, 3.63) is 89.5 Å². The van der Waals surface area contributed by atoms with Crippen LogP contribution in [0.5, 0.6) is 0 Å². The molecule has 0 aliphatic heterocycles. The number of halogens is 1. The fourth-order valence-electron chi connectivity index (χ4n) is 4.86. The SMILES string of the molecule is CCC(C)(C)c1ccc(P(C)(Br)(c2ccc(C(C)(C)CC)cc2)c2ccc(C(C)(C)CC)cc2)cc1. The van der Waals surface area contributed by atoms with Gasteiger partial charge in [-0.25, -0.2) is 0 Å². The Balaban J connectivity index is 2.24. The number of benzene rings is 3. The van der Waals surface area contributed by atoms with Crippen molar-refractivity contribution in [3.8, 4) is 0 Å². The van der Waals surface area contributed by atoms with E-state index in [2.05, 4.69) is 157 Å². The molecule has 0 saturated heterocycles. The van der Waals surface area contributed by atoms with E-state index >= 15 is 0 Å². The maximum absolute atomic E-state index is 4.52. The fourth-order valence-corrected chi connectivity index (χ4v) is 10.5. The van der Waals surface area contributed by atoms with Gasteiger partial charge in [-0.15, -0.1) is 0 Å². The van der Waals surface area contributed by atoms with Gasteiger partial charge in [0.05, 0.1) is 0 Å². The zero-order valence-corrected chi connectivity index (χ0v) is 26.9. The zero-order chi connectivity index (χ0) is 27.0. The first-order chi connectivity index (χ1) is 16.6. The molecule has 0 spiro atoms. The summed E-state index contributed by atoms with van der Waals surface area (Å²) >= 11 is 4.52. The van der Waals surface area contributed by atoms with Gasteiger partial charge in [0.2, 0.25) is 0 Å². The van der Waals surface area contributed by atoms with Crippen molar-refractivity contribution in [2.75, 3.05) is 6.66 Å². The second kappa shape index (κ2) is 10.0. The van der Waals surface area contributed by atoms with E-state index in [0.717, 1.165) is 19.3 Å². The average Bonchev–Trinajstić information content (AvgIpc) is 2.89. The standard InChI is InChI=1S/C34H48BrP/c1-11-32(4,5)26-14-20-29(21-15-26)36(10,35,30-22-16-27(17-23-30)33(6,7)12-2)31-24-18-28(19-25-31)34(8,9)13-3/h14-25H,11-13H2,1-10H3. The summed E-state index contributed by atoms with van der Waals surface area (Å²) in [6.45, 7) is 23.3. The minimum atomic E-state index is -2.85. The van der Waals surface area contributed by atoms with Crippen molar-refractivity contribution >= 4 is 36.7 Å². The summed E-state index contributed by atoms with van der Waals surface area (Å²) in [6, 6.07) is 28.4. The van der Waals surface area contributed by atoms with Gasteiger partial charge in [0.15, 0.2) is 0 Å². The Kier molecular flexibility index (Phi) is 8.12. The van der Waals surface area contributed by atoms with Gasteiger partial charge in [-0.1, -0.05) is 0 Å². The molecule has 0 unspecified atom stereocenters. The summed E-state index contributed by atoms with van der Waals surface area (Å²) in [4.78, 5) is 0. The first-order valence-electron chi connectivity index (χ1n) is 13.7. The Morgan fingerprint density at radius 1 is 0.472 bits per heavy atom. The second-order valence-electron chi connectivity index (χ2n) is 12.8. The first-order valence-corrected chi connectivity index (χ1v) is 18.4. The van der Waals surface area contributed by atoms with Gasteiger partial charge in [-0.05, 0) is 0 Å². The van der Waals surface area contributed by atoms with Gasteiger partial charge in [0.25, 0.3) is 0 Å². The van der Waals surface area contributed by atoms with Gasteiger partial charge in [0, 0.05) is 0 Å². The molecular formula is C34H48BrP. The maximum atomic E-state index is 4.52. The summed E-state index contributed by atoms with van der Waals surface area (Å²) in [7, 11) is 0. The van der Waals surface area contributed by atoms with Crippen LogP contribution in [0.2, 0.25) is 0 Å². The van der Waals surface area contributed by atoms with Crippen LogP contribution in [0.15, 0.2) is 72.8 Å². The molecule has 0 amide bonds. The summed E-state index contributed by atoms with van der Waals surface area (Å²) in [5.74, 6) is 0. The van der Waals surface area contributed by atoms with Gasteiger partial charge in [-0.3, -0.25) is 0 Å². The van der Waals surface area contributed by atoms with E-state index in [0.29, 0.717) is 0 Å². The Hall–Kier alpha value is -1.43. The van der Waals surface area contributed by atoms with Gasteiger partial charge >= 0.3 is 231 Å². The van der Waals surface area contributed by atoms with Crippen LogP contribution in [0, 0.1) is 0 Å². The van der Waals surface area contributed by atoms with Gasteiger partial charge < -0.3 is 0 Å². The minimum absolute atomic E-state index is 0.176. The molecule has 2 heteroatoms. The molecule has 0 fully saturated rings. The van der Waals surface area contributed by atoms with Crippen LogP contribution >= 0.6 is 20.8 Å². The van der Waals surface area contributed by atoms with Crippen LogP contribution < -0.4 is 15.9 Å².